The molecule has 1 N–H and O–H groups in total. The van der Waals surface area contributed by atoms with Gasteiger partial charge in [-0.1, -0.05) is 168 Å². The van der Waals surface area contributed by atoms with Crippen LogP contribution < -0.4 is 5.32 Å². The van der Waals surface area contributed by atoms with Crippen LogP contribution in [0.2, 0.25) is 0 Å². The quantitative estimate of drug-likeness (QED) is 0.0501. The van der Waals surface area contributed by atoms with E-state index in [1.165, 1.54) is 167 Å². The van der Waals surface area contributed by atoms with Gasteiger partial charge in [-0.2, -0.15) is 0 Å². The molecular weight excluding hydrogens is 641 g/mol. The third-order valence-corrected chi connectivity index (χ3v) is 10.4. The van der Waals surface area contributed by atoms with Crippen LogP contribution in [-0.4, -0.2) is 62.9 Å². The average Bonchev–Trinajstić information content (AvgIpc) is 3.15. The highest BCUT2D eigenvalue weighted by Gasteiger charge is 2.12. The Morgan fingerprint density at radius 3 is 1.37 bits per heavy atom. The molecule has 0 aliphatic rings. The first-order valence-electron chi connectivity index (χ1n) is 23.2. The molecule has 308 valence electrons. The minimum atomic E-state index is -0.0658. The molecule has 0 bridgehead atoms. The predicted molar refractivity (Wildman–Crippen MR) is 229 cm³/mol. The Morgan fingerprint density at radius 1 is 0.519 bits per heavy atom. The summed E-state index contributed by atoms with van der Waals surface area (Å²) in [6.07, 6.45) is 47.8. The minimum absolute atomic E-state index is 0.0658. The van der Waals surface area contributed by atoms with Crippen molar-refractivity contribution in [1.82, 2.24) is 10.2 Å². The summed E-state index contributed by atoms with van der Waals surface area (Å²) < 4.78 is 12.3. The summed E-state index contributed by atoms with van der Waals surface area (Å²) >= 11 is 0. The van der Waals surface area contributed by atoms with Crippen molar-refractivity contribution in [2.75, 3.05) is 46.0 Å². The van der Waals surface area contributed by atoms with E-state index in [-0.39, 0.29) is 12.0 Å². The molecule has 52 heavy (non-hydrogen) atoms. The monoisotopic (exact) mass is 733 g/mol. The van der Waals surface area contributed by atoms with E-state index in [9.17, 15) is 4.79 Å². The Kier molecular flexibility index (Phi) is 43.2. The number of amides is 1. The molecule has 0 aromatic carbocycles. The van der Waals surface area contributed by atoms with Crippen LogP contribution in [0.3, 0.4) is 0 Å². The largest absolute Gasteiger partial charge is 0.379 e. The minimum Gasteiger partial charge on any atom is -0.379 e. The summed E-state index contributed by atoms with van der Waals surface area (Å²) in [4.78, 5) is 14.9. The summed E-state index contributed by atoms with van der Waals surface area (Å²) in [6.45, 7) is 14.6. The number of ether oxygens (including phenoxy) is 2. The fourth-order valence-corrected chi connectivity index (χ4v) is 6.75. The van der Waals surface area contributed by atoms with E-state index in [2.05, 4.69) is 62.2 Å². The SMILES string of the molecule is CCCCCCCC/C=C\CCCCCCCCOCC(CNC(=O)CCCN(CC)CC)OCCCCCCCC/C=C\CCCCCCCC. The highest BCUT2D eigenvalue weighted by molar-refractivity contribution is 5.75. The molecule has 5 heteroatoms. The lowest BCUT2D eigenvalue weighted by Crippen LogP contribution is -2.37. The highest BCUT2D eigenvalue weighted by Crippen LogP contribution is 2.12. The predicted octanol–water partition coefficient (Wildman–Crippen LogP) is 13.7. The van der Waals surface area contributed by atoms with E-state index >= 15 is 0 Å². The van der Waals surface area contributed by atoms with E-state index in [0.717, 1.165) is 52.1 Å². The average molecular weight is 733 g/mol. The lowest BCUT2D eigenvalue weighted by Gasteiger charge is -2.20. The fraction of sp³-hybridized carbons (Fsp3) is 0.894. The number of nitrogens with zero attached hydrogens (tertiary/aromatic N) is 1. The van der Waals surface area contributed by atoms with Crippen LogP contribution in [0.4, 0.5) is 0 Å². The van der Waals surface area contributed by atoms with Crippen molar-refractivity contribution >= 4 is 5.91 Å². The van der Waals surface area contributed by atoms with Gasteiger partial charge in [-0.3, -0.25) is 4.79 Å². The second-order valence-corrected chi connectivity index (χ2v) is 15.4. The Labute approximate surface area is 326 Å². The summed E-state index contributed by atoms with van der Waals surface area (Å²) in [5.41, 5.74) is 0. The summed E-state index contributed by atoms with van der Waals surface area (Å²) in [7, 11) is 0. The number of unbranched alkanes of at least 4 members (excludes halogenated alkanes) is 24. The maximum absolute atomic E-state index is 12.5. The summed E-state index contributed by atoms with van der Waals surface area (Å²) in [6, 6.07) is 0. The van der Waals surface area contributed by atoms with Crippen LogP contribution in [0.1, 0.15) is 220 Å². The van der Waals surface area contributed by atoms with Crippen LogP contribution in [0.5, 0.6) is 0 Å². The lowest BCUT2D eigenvalue weighted by atomic mass is 10.1. The maximum atomic E-state index is 12.5. The fourth-order valence-electron chi connectivity index (χ4n) is 6.75. The zero-order valence-corrected chi connectivity index (χ0v) is 35.7. The van der Waals surface area contributed by atoms with Gasteiger partial charge in [0.2, 0.25) is 5.91 Å². The second-order valence-electron chi connectivity index (χ2n) is 15.4. The number of carbonyl (C=O) groups is 1. The number of carbonyl (C=O) groups excluding carboxylic acids is 1. The molecule has 0 spiro atoms. The molecule has 0 radical (unpaired) electrons. The zero-order chi connectivity index (χ0) is 37.8. The number of rotatable bonds is 43. The van der Waals surface area contributed by atoms with Crippen molar-refractivity contribution in [2.45, 2.75) is 226 Å². The number of nitrogens with one attached hydrogen (secondary N) is 1. The molecular formula is C47H92N2O3. The van der Waals surface area contributed by atoms with Gasteiger partial charge in [0.1, 0.15) is 0 Å². The molecule has 0 heterocycles. The van der Waals surface area contributed by atoms with Gasteiger partial charge in [0, 0.05) is 26.2 Å². The van der Waals surface area contributed by atoms with Crippen LogP contribution in [0, 0.1) is 0 Å². The standard InChI is InChI=1S/C47H92N2O3/c1-5-9-11-13-15-17-19-21-23-25-27-29-31-33-35-37-42-51-45-46(44-48-47(50)40-39-41-49(7-3)8-4)52-43-38-36-34-32-30-28-26-24-22-20-18-16-14-12-10-6-2/h21-24,46H,5-20,25-45H2,1-4H3,(H,48,50)/b23-21-,24-22-. The van der Waals surface area contributed by atoms with Crippen molar-refractivity contribution < 1.29 is 14.3 Å². The Morgan fingerprint density at radius 2 is 0.923 bits per heavy atom. The van der Waals surface area contributed by atoms with Gasteiger partial charge < -0.3 is 19.7 Å². The first kappa shape index (κ1) is 50.8. The molecule has 0 aromatic rings. The topological polar surface area (TPSA) is 50.8 Å². The molecule has 0 aliphatic carbocycles. The molecule has 0 saturated heterocycles. The van der Waals surface area contributed by atoms with Gasteiger partial charge in [0.25, 0.3) is 0 Å². The highest BCUT2D eigenvalue weighted by atomic mass is 16.5. The zero-order valence-electron chi connectivity index (χ0n) is 35.7. The van der Waals surface area contributed by atoms with Gasteiger partial charge in [0.15, 0.2) is 0 Å². The molecule has 0 aromatic heterocycles. The molecule has 1 unspecified atom stereocenters. The number of hydrogen-bond donors (Lipinski definition) is 1. The Balaban J connectivity index is 4.05. The lowest BCUT2D eigenvalue weighted by molar-refractivity contribution is -0.122. The number of allylic oxidation sites excluding steroid dienone is 4. The van der Waals surface area contributed by atoms with Gasteiger partial charge in [0.05, 0.1) is 12.7 Å². The Bertz CT molecular complexity index is 751. The van der Waals surface area contributed by atoms with E-state index in [0.29, 0.717) is 19.6 Å². The van der Waals surface area contributed by atoms with Crippen molar-refractivity contribution in [2.24, 2.45) is 0 Å². The third kappa shape index (κ3) is 40.0. The molecule has 0 rings (SSSR count). The Hall–Kier alpha value is -1.17. The van der Waals surface area contributed by atoms with Crippen LogP contribution in [0.25, 0.3) is 0 Å². The van der Waals surface area contributed by atoms with Crippen molar-refractivity contribution in [1.29, 1.82) is 0 Å². The van der Waals surface area contributed by atoms with Gasteiger partial charge in [-0.05, 0) is 90.3 Å². The van der Waals surface area contributed by atoms with Crippen molar-refractivity contribution in [3.8, 4) is 0 Å². The van der Waals surface area contributed by atoms with E-state index in [1.807, 2.05) is 0 Å². The van der Waals surface area contributed by atoms with Crippen molar-refractivity contribution in [3.05, 3.63) is 24.3 Å². The van der Waals surface area contributed by atoms with Gasteiger partial charge >= 0.3 is 0 Å². The van der Waals surface area contributed by atoms with E-state index in [1.54, 1.807) is 0 Å². The molecule has 0 aliphatic heterocycles. The van der Waals surface area contributed by atoms with E-state index < -0.39 is 0 Å². The summed E-state index contributed by atoms with van der Waals surface area (Å²) in [5, 5.41) is 3.14. The first-order valence-corrected chi connectivity index (χ1v) is 23.2. The third-order valence-electron chi connectivity index (χ3n) is 10.4. The van der Waals surface area contributed by atoms with Crippen LogP contribution >= 0.6 is 0 Å². The van der Waals surface area contributed by atoms with Crippen molar-refractivity contribution in [3.63, 3.8) is 0 Å². The summed E-state index contributed by atoms with van der Waals surface area (Å²) in [5.74, 6) is 0.131. The maximum Gasteiger partial charge on any atom is 0.220 e. The molecule has 1 amide bonds. The molecule has 1 atom stereocenters. The first-order chi connectivity index (χ1) is 25.7. The van der Waals surface area contributed by atoms with E-state index in [4.69, 9.17) is 9.47 Å². The van der Waals surface area contributed by atoms with Crippen LogP contribution in [-0.2, 0) is 14.3 Å². The normalized spacial score (nSPS) is 12.6. The van der Waals surface area contributed by atoms with Gasteiger partial charge in [-0.25, -0.2) is 0 Å². The molecule has 5 nitrogen and oxygen atoms in total. The second kappa shape index (κ2) is 44.2. The molecule has 0 fully saturated rings. The molecule has 0 saturated carbocycles. The smallest absolute Gasteiger partial charge is 0.220 e. The van der Waals surface area contributed by atoms with Crippen LogP contribution in [0.15, 0.2) is 24.3 Å². The van der Waals surface area contributed by atoms with Gasteiger partial charge in [-0.15, -0.1) is 0 Å². The number of hydrogen-bond acceptors (Lipinski definition) is 4.